The lowest BCUT2D eigenvalue weighted by Gasteiger charge is -2.25. The fraction of sp³-hybridized carbons (Fsp3) is 0.896. The van der Waals surface area contributed by atoms with Gasteiger partial charge in [0.15, 0.2) is 0 Å². The Bertz CT molecular complexity index is 1330. The van der Waals surface area contributed by atoms with Gasteiger partial charge in [-0.25, -0.2) is 4.57 Å². The first-order valence-corrected chi connectivity index (χ1v) is 34.9. The lowest BCUT2D eigenvalue weighted by Crippen LogP contribution is -2.45. The molecule has 0 saturated heterocycles. The summed E-state index contributed by atoms with van der Waals surface area (Å²) in [6.07, 6.45) is 77.1. The van der Waals surface area contributed by atoms with Gasteiger partial charge >= 0.3 is 7.82 Å². The average molecular weight is 1090 g/mol. The molecular formula is C67H132N2O6P+. The molecule has 0 aromatic heterocycles. The van der Waals surface area contributed by atoms with E-state index in [0.29, 0.717) is 17.4 Å². The molecule has 0 aliphatic carbocycles. The van der Waals surface area contributed by atoms with Crippen molar-refractivity contribution in [1.82, 2.24) is 5.32 Å². The van der Waals surface area contributed by atoms with Gasteiger partial charge in [-0.15, -0.1) is 0 Å². The van der Waals surface area contributed by atoms with E-state index in [9.17, 15) is 19.4 Å². The number of carbonyl (C=O) groups is 1. The molecule has 0 rings (SSSR count). The van der Waals surface area contributed by atoms with E-state index < -0.39 is 20.0 Å². The average Bonchev–Trinajstić information content (AvgIpc) is 3.38. The Labute approximate surface area is 474 Å². The smallest absolute Gasteiger partial charge is 0.387 e. The molecular weight excluding hydrogens is 960 g/mol. The fourth-order valence-electron chi connectivity index (χ4n) is 10.1. The zero-order valence-corrected chi connectivity index (χ0v) is 52.4. The van der Waals surface area contributed by atoms with Crippen LogP contribution in [0.3, 0.4) is 0 Å². The maximum atomic E-state index is 13.0. The number of aliphatic hydroxyl groups is 1. The van der Waals surface area contributed by atoms with Crippen LogP contribution in [0.4, 0.5) is 0 Å². The summed E-state index contributed by atoms with van der Waals surface area (Å²) in [5.41, 5.74) is 0. The molecule has 9 heteroatoms. The van der Waals surface area contributed by atoms with Crippen molar-refractivity contribution in [2.75, 3.05) is 40.9 Å². The number of unbranched alkanes of at least 4 members (excludes halogenated alkanes) is 45. The molecule has 0 radical (unpaired) electrons. The minimum absolute atomic E-state index is 0.0574. The molecule has 450 valence electrons. The molecule has 0 aromatic rings. The van der Waals surface area contributed by atoms with Crippen LogP contribution in [0.25, 0.3) is 0 Å². The Morgan fingerprint density at radius 3 is 1.05 bits per heavy atom. The highest BCUT2D eigenvalue weighted by Gasteiger charge is 2.28. The summed E-state index contributed by atoms with van der Waals surface area (Å²) in [5, 5.41) is 14.0. The Morgan fingerprint density at radius 2 is 0.724 bits per heavy atom. The van der Waals surface area contributed by atoms with E-state index in [4.69, 9.17) is 9.05 Å². The number of allylic oxidation sites excluding steroid dienone is 5. The maximum absolute atomic E-state index is 13.0. The highest BCUT2D eigenvalue weighted by atomic mass is 31.2. The van der Waals surface area contributed by atoms with Gasteiger partial charge in [0, 0.05) is 6.42 Å². The number of likely N-dealkylation sites (N-methyl/N-ethyl adjacent to an activating group) is 1. The number of phosphoric acid groups is 1. The van der Waals surface area contributed by atoms with Crippen molar-refractivity contribution < 1.29 is 32.9 Å². The number of phosphoric ester groups is 1. The summed E-state index contributed by atoms with van der Waals surface area (Å²) in [6.45, 7) is 4.85. The van der Waals surface area contributed by atoms with Crippen LogP contribution in [0.15, 0.2) is 36.5 Å². The number of nitrogens with one attached hydrogen (secondary N) is 1. The number of carbonyl (C=O) groups excluding carboxylic acids is 1. The van der Waals surface area contributed by atoms with Crippen molar-refractivity contribution in [3.63, 3.8) is 0 Å². The zero-order chi connectivity index (χ0) is 55.6. The molecule has 0 aliphatic rings. The second-order valence-electron chi connectivity index (χ2n) is 24.2. The van der Waals surface area contributed by atoms with Crippen molar-refractivity contribution in [2.45, 2.75) is 347 Å². The van der Waals surface area contributed by atoms with Crippen molar-refractivity contribution in [3.8, 4) is 0 Å². The van der Waals surface area contributed by atoms with Crippen molar-refractivity contribution in [1.29, 1.82) is 0 Å². The van der Waals surface area contributed by atoms with E-state index in [-0.39, 0.29) is 19.1 Å². The molecule has 0 aliphatic heterocycles. The number of nitrogens with zero attached hydrogens (tertiary/aromatic N) is 1. The zero-order valence-electron chi connectivity index (χ0n) is 51.5. The van der Waals surface area contributed by atoms with Gasteiger partial charge in [-0.1, -0.05) is 307 Å². The molecule has 0 fully saturated rings. The third-order valence-corrected chi connectivity index (χ3v) is 16.3. The Morgan fingerprint density at radius 1 is 0.434 bits per heavy atom. The summed E-state index contributed by atoms with van der Waals surface area (Å²) in [6, 6.07) is -0.864. The molecule has 8 nitrogen and oxygen atoms in total. The summed E-state index contributed by atoms with van der Waals surface area (Å²) in [7, 11) is 1.57. The van der Waals surface area contributed by atoms with Gasteiger partial charge in [-0.05, 0) is 57.8 Å². The van der Waals surface area contributed by atoms with Crippen molar-refractivity contribution >= 4 is 13.7 Å². The predicted octanol–water partition coefficient (Wildman–Crippen LogP) is 20.9. The van der Waals surface area contributed by atoms with Gasteiger partial charge in [-0.2, -0.15) is 0 Å². The van der Waals surface area contributed by atoms with Gasteiger partial charge in [0.2, 0.25) is 5.91 Å². The quantitative estimate of drug-likeness (QED) is 0.0243. The first kappa shape index (κ1) is 74.7. The molecule has 3 N–H and O–H groups in total. The second kappa shape index (κ2) is 58.4. The van der Waals surface area contributed by atoms with Gasteiger partial charge in [0.1, 0.15) is 13.2 Å². The molecule has 0 bridgehead atoms. The van der Waals surface area contributed by atoms with E-state index in [1.54, 1.807) is 6.08 Å². The fourth-order valence-corrected chi connectivity index (χ4v) is 10.9. The summed E-state index contributed by atoms with van der Waals surface area (Å²) in [4.78, 5) is 23.4. The SMILES string of the molecule is CCCCCCCCCCCCCC/C=C\CCCCCCCCCCCCCCCC(=O)NC(COP(=O)(O)OCC[N+](C)(C)C)C(O)/C=C/CC/C=C/CCCCCCCCCCCCCCCCCCCCC. The number of rotatable bonds is 62. The van der Waals surface area contributed by atoms with E-state index in [0.717, 1.165) is 38.5 Å². The van der Waals surface area contributed by atoms with Crippen LogP contribution in [0, 0.1) is 0 Å². The first-order chi connectivity index (χ1) is 37.0. The normalized spacial score (nSPS) is 13.9. The standard InChI is InChI=1S/C67H131N2O6P/c1-6-8-10-12-14-16-18-20-22-24-26-28-30-32-33-34-35-37-39-41-43-45-47-49-51-53-55-57-59-61-67(71)68-65(64-75-76(72,73)74-63-62-69(3,4)5)66(70)60-58-56-54-52-50-48-46-44-42-40-38-36-31-29-27-25-23-21-19-17-15-13-11-9-7-2/h32-33,50,52,58,60,65-66,70H,6-31,34-49,51,53-57,59,61-64H2,1-5H3,(H-,68,71,72,73)/p+1/b33-32-,52-50+,60-58+. The van der Waals surface area contributed by atoms with Gasteiger partial charge in [0.25, 0.3) is 0 Å². The largest absolute Gasteiger partial charge is 0.472 e. The third-order valence-electron chi connectivity index (χ3n) is 15.3. The van der Waals surface area contributed by atoms with Crippen LogP contribution in [0.1, 0.15) is 335 Å². The van der Waals surface area contributed by atoms with Gasteiger partial charge in [-0.3, -0.25) is 13.8 Å². The van der Waals surface area contributed by atoms with Crippen LogP contribution in [-0.4, -0.2) is 73.4 Å². The molecule has 0 heterocycles. The number of aliphatic hydroxyl groups excluding tert-OH is 1. The Hall–Kier alpha value is -1.28. The molecule has 0 saturated carbocycles. The molecule has 0 aromatic carbocycles. The molecule has 0 spiro atoms. The van der Waals surface area contributed by atoms with Crippen molar-refractivity contribution in [3.05, 3.63) is 36.5 Å². The minimum atomic E-state index is -4.36. The van der Waals surface area contributed by atoms with E-state index in [2.05, 4.69) is 43.5 Å². The summed E-state index contributed by atoms with van der Waals surface area (Å²) < 4.78 is 23.8. The molecule has 76 heavy (non-hydrogen) atoms. The number of amides is 1. The minimum Gasteiger partial charge on any atom is -0.387 e. The monoisotopic (exact) mass is 1090 g/mol. The summed E-state index contributed by atoms with van der Waals surface area (Å²) in [5.74, 6) is -0.181. The lowest BCUT2D eigenvalue weighted by molar-refractivity contribution is -0.870. The first-order valence-electron chi connectivity index (χ1n) is 33.4. The summed E-state index contributed by atoms with van der Waals surface area (Å²) >= 11 is 0. The topological polar surface area (TPSA) is 105 Å². The second-order valence-corrected chi connectivity index (χ2v) is 25.6. The number of quaternary nitrogens is 1. The van der Waals surface area contributed by atoms with Gasteiger partial charge in [0.05, 0.1) is 39.9 Å². The third kappa shape index (κ3) is 60.4. The van der Waals surface area contributed by atoms with Gasteiger partial charge < -0.3 is 19.8 Å². The van der Waals surface area contributed by atoms with Crippen LogP contribution in [0.2, 0.25) is 0 Å². The predicted molar refractivity (Wildman–Crippen MR) is 332 cm³/mol. The van der Waals surface area contributed by atoms with E-state index in [1.807, 2.05) is 27.2 Å². The Kier molecular flexibility index (Phi) is 57.4. The van der Waals surface area contributed by atoms with Crippen LogP contribution < -0.4 is 5.32 Å². The highest BCUT2D eigenvalue weighted by Crippen LogP contribution is 2.43. The van der Waals surface area contributed by atoms with Crippen LogP contribution >= 0.6 is 7.82 Å². The molecule has 3 atom stereocenters. The van der Waals surface area contributed by atoms with Crippen LogP contribution in [-0.2, 0) is 18.4 Å². The highest BCUT2D eigenvalue weighted by molar-refractivity contribution is 7.47. The molecule has 3 unspecified atom stereocenters. The van der Waals surface area contributed by atoms with E-state index >= 15 is 0 Å². The lowest BCUT2D eigenvalue weighted by atomic mass is 10.0. The van der Waals surface area contributed by atoms with Crippen LogP contribution in [0.5, 0.6) is 0 Å². The van der Waals surface area contributed by atoms with E-state index in [1.165, 1.54) is 276 Å². The van der Waals surface area contributed by atoms with Crippen molar-refractivity contribution in [2.24, 2.45) is 0 Å². The number of hydrogen-bond donors (Lipinski definition) is 3. The maximum Gasteiger partial charge on any atom is 0.472 e. The Balaban J connectivity index is 4.12. The number of hydrogen-bond acceptors (Lipinski definition) is 5. The molecule has 1 amide bonds.